The number of carbonyl (C=O) groups excluding carboxylic acids is 1. The van der Waals surface area contributed by atoms with Crippen molar-refractivity contribution in [2.45, 2.75) is 45.2 Å². The Bertz CT molecular complexity index is 593. The van der Waals surface area contributed by atoms with E-state index >= 15 is 0 Å². The molecule has 0 fully saturated rings. The molecule has 0 saturated heterocycles. The van der Waals surface area contributed by atoms with Crippen molar-refractivity contribution in [2.75, 3.05) is 13.6 Å². The van der Waals surface area contributed by atoms with Crippen molar-refractivity contribution in [3.05, 3.63) is 29.8 Å². The first-order valence-corrected chi connectivity index (χ1v) is 7.81. The second kappa shape index (κ2) is 9.33. The average Bonchev–Trinajstić information content (AvgIpc) is 2.56. The topological polar surface area (TPSA) is 38.8 Å². The molecule has 0 saturated carbocycles. The Hall–Kier alpha value is -2.20. The Morgan fingerprint density at radius 1 is 1.32 bits per heavy atom. The minimum atomic E-state index is -4.37. The molecule has 138 valence electrons. The third-order valence-corrected chi connectivity index (χ3v) is 3.57. The molecule has 2 atom stereocenters. The van der Waals surface area contributed by atoms with Crippen molar-refractivity contribution >= 4 is 5.97 Å². The molecular formula is C18H22F3NO3. The molecule has 1 aromatic rings. The summed E-state index contributed by atoms with van der Waals surface area (Å²) >= 11 is 0. The molecular weight excluding hydrogens is 335 g/mol. The summed E-state index contributed by atoms with van der Waals surface area (Å²) in [7, 11) is 1.22. The van der Waals surface area contributed by atoms with Crippen LogP contribution in [0.5, 0.6) is 5.75 Å². The minimum Gasteiger partial charge on any atom is -0.478 e. The summed E-state index contributed by atoms with van der Waals surface area (Å²) in [6.45, 7) is 2.07. The Kier molecular flexibility index (Phi) is 7.78. The number of nitrogens with zero attached hydrogens (tertiary/aromatic N) is 1. The van der Waals surface area contributed by atoms with Gasteiger partial charge in [0.1, 0.15) is 18.4 Å². The van der Waals surface area contributed by atoms with Gasteiger partial charge in [-0.2, -0.15) is 13.2 Å². The Morgan fingerprint density at radius 3 is 2.40 bits per heavy atom. The van der Waals surface area contributed by atoms with E-state index in [0.717, 1.165) is 4.90 Å². The van der Waals surface area contributed by atoms with Crippen molar-refractivity contribution in [1.82, 2.24) is 4.90 Å². The first kappa shape index (κ1) is 20.8. The van der Waals surface area contributed by atoms with E-state index < -0.39 is 24.7 Å². The van der Waals surface area contributed by atoms with Gasteiger partial charge in [0.15, 0.2) is 6.10 Å². The maximum absolute atomic E-state index is 12.3. The minimum absolute atomic E-state index is 0.0321. The molecule has 25 heavy (non-hydrogen) atoms. The molecule has 0 heterocycles. The van der Waals surface area contributed by atoms with Gasteiger partial charge in [0.05, 0.1) is 6.54 Å². The van der Waals surface area contributed by atoms with Gasteiger partial charge in [-0.05, 0) is 38.1 Å². The van der Waals surface area contributed by atoms with Crippen molar-refractivity contribution in [2.24, 2.45) is 0 Å². The van der Waals surface area contributed by atoms with Gasteiger partial charge >= 0.3 is 12.1 Å². The van der Waals surface area contributed by atoms with Crippen molar-refractivity contribution < 1.29 is 27.4 Å². The highest BCUT2D eigenvalue weighted by Crippen LogP contribution is 2.18. The van der Waals surface area contributed by atoms with Crippen LogP contribution >= 0.6 is 0 Å². The molecule has 0 aliphatic carbocycles. The van der Waals surface area contributed by atoms with Gasteiger partial charge in [0.25, 0.3) is 0 Å². The summed E-state index contributed by atoms with van der Waals surface area (Å²) in [5.74, 6) is 2.40. The van der Waals surface area contributed by atoms with Gasteiger partial charge in [0.2, 0.25) is 0 Å². The molecule has 0 aliphatic rings. The zero-order valence-electron chi connectivity index (χ0n) is 14.5. The molecule has 7 heteroatoms. The molecule has 0 bridgehead atoms. The van der Waals surface area contributed by atoms with Crippen LogP contribution in [0.3, 0.4) is 0 Å². The monoisotopic (exact) mass is 357 g/mol. The van der Waals surface area contributed by atoms with Crippen molar-refractivity contribution in [3.63, 3.8) is 0 Å². The number of hydrogen-bond donors (Lipinski definition) is 0. The van der Waals surface area contributed by atoms with E-state index in [0.29, 0.717) is 17.7 Å². The van der Waals surface area contributed by atoms with Crippen LogP contribution in [0, 0.1) is 12.3 Å². The van der Waals surface area contributed by atoms with Crippen LogP contribution in [0.25, 0.3) is 0 Å². The van der Waals surface area contributed by atoms with E-state index in [1.54, 1.807) is 24.3 Å². The highest BCUT2D eigenvalue weighted by molar-refractivity contribution is 5.75. The van der Waals surface area contributed by atoms with Gasteiger partial charge in [-0.15, -0.1) is 6.42 Å². The number of esters is 1. The van der Waals surface area contributed by atoms with E-state index in [4.69, 9.17) is 15.9 Å². The van der Waals surface area contributed by atoms with Crippen molar-refractivity contribution in [3.8, 4) is 18.1 Å². The smallest absolute Gasteiger partial charge is 0.401 e. The Morgan fingerprint density at radius 2 is 1.92 bits per heavy atom. The lowest BCUT2D eigenvalue weighted by Gasteiger charge is -2.24. The molecule has 0 spiro atoms. The first-order valence-electron chi connectivity index (χ1n) is 7.81. The second-order valence-electron chi connectivity index (χ2n) is 5.64. The summed E-state index contributed by atoms with van der Waals surface area (Å²) in [5, 5.41) is 0. The normalized spacial score (nSPS) is 13.8. The van der Waals surface area contributed by atoms with E-state index in [-0.39, 0.29) is 12.7 Å². The summed E-state index contributed by atoms with van der Waals surface area (Å²) < 4.78 is 47.6. The van der Waals surface area contributed by atoms with E-state index in [1.165, 1.54) is 14.0 Å². The largest absolute Gasteiger partial charge is 0.478 e. The molecule has 1 aromatic carbocycles. The lowest BCUT2D eigenvalue weighted by Crippen LogP contribution is -2.42. The predicted molar refractivity (Wildman–Crippen MR) is 87.9 cm³/mol. The van der Waals surface area contributed by atoms with E-state index in [1.807, 2.05) is 6.92 Å². The number of rotatable bonds is 8. The maximum atomic E-state index is 12.3. The van der Waals surface area contributed by atoms with Gasteiger partial charge < -0.3 is 9.47 Å². The van der Waals surface area contributed by atoms with Gasteiger partial charge in [0, 0.05) is 0 Å². The van der Waals surface area contributed by atoms with Crippen LogP contribution in [0.1, 0.15) is 25.8 Å². The summed E-state index contributed by atoms with van der Waals surface area (Å²) in [4.78, 5) is 12.7. The molecule has 1 rings (SSSR count). The van der Waals surface area contributed by atoms with Crippen LogP contribution < -0.4 is 4.74 Å². The number of hydrogen-bond acceptors (Lipinski definition) is 4. The van der Waals surface area contributed by atoms with Gasteiger partial charge in [-0.3, -0.25) is 9.69 Å². The summed E-state index contributed by atoms with van der Waals surface area (Å²) in [6, 6.07) is 5.81. The lowest BCUT2D eigenvalue weighted by atomic mass is 10.2. The summed E-state index contributed by atoms with van der Waals surface area (Å²) in [6.07, 6.45) is 1.33. The molecule has 0 amide bonds. The van der Waals surface area contributed by atoms with Crippen molar-refractivity contribution in [1.29, 1.82) is 0 Å². The zero-order valence-corrected chi connectivity index (χ0v) is 14.5. The molecule has 4 nitrogen and oxygen atoms in total. The number of likely N-dealkylation sites (N-methyl/N-ethyl adjacent to an activating group) is 1. The first-order chi connectivity index (χ1) is 11.7. The molecule has 0 radical (unpaired) electrons. The molecule has 0 aliphatic heterocycles. The average molecular weight is 357 g/mol. The van der Waals surface area contributed by atoms with Gasteiger partial charge in [-0.25, -0.2) is 0 Å². The number of halogens is 3. The van der Waals surface area contributed by atoms with Gasteiger partial charge in [-0.1, -0.05) is 25.0 Å². The second-order valence-corrected chi connectivity index (χ2v) is 5.64. The number of alkyl halides is 3. The fraction of sp³-hybridized carbons (Fsp3) is 0.500. The van der Waals surface area contributed by atoms with Crippen LogP contribution in [-0.4, -0.2) is 42.8 Å². The lowest BCUT2D eigenvalue weighted by molar-refractivity contribution is -0.162. The Balaban J connectivity index is 2.52. The highest BCUT2D eigenvalue weighted by atomic mass is 19.4. The Labute approximate surface area is 145 Å². The number of carbonyl (C=O) groups is 1. The number of ether oxygens (including phenoxy) is 2. The fourth-order valence-electron chi connectivity index (χ4n) is 1.94. The van der Waals surface area contributed by atoms with Crippen LogP contribution in [0.15, 0.2) is 24.3 Å². The standard InChI is InChI=1S/C18H22F3NO3/c1-5-15(6-2)25-16-9-7-14(8-10-16)11-24-17(23)13(3)22(4)12-18(19,20)21/h1,7-10,13,15H,6,11-12H2,2-4H3/t13-,15-/m0/s1. The molecule has 0 unspecified atom stereocenters. The molecule has 0 N–H and O–H groups in total. The maximum Gasteiger partial charge on any atom is 0.401 e. The summed E-state index contributed by atoms with van der Waals surface area (Å²) in [5.41, 5.74) is 0.695. The molecule has 0 aromatic heterocycles. The van der Waals surface area contributed by atoms with E-state index in [9.17, 15) is 18.0 Å². The third-order valence-electron chi connectivity index (χ3n) is 3.57. The van der Waals surface area contributed by atoms with Crippen LogP contribution in [-0.2, 0) is 16.1 Å². The third kappa shape index (κ3) is 7.48. The quantitative estimate of drug-likeness (QED) is 0.528. The fourth-order valence-corrected chi connectivity index (χ4v) is 1.94. The van der Waals surface area contributed by atoms with E-state index in [2.05, 4.69) is 5.92 Å². The zero-order chi connectivity index (χ0) is 19.0. The SMILES string of the molecule is C#C[C@@H](CC)Oc1ccc(COC(=O)[C@H](C)N(C)CC(F)(F)F)cc1. The number of terminal acetylenes is 1. The predicted octanol–water partition coefficient (Wildman–Crippen LogP) is 3.40. The van der Waals surface area contributed by atoms with Crippen LogP contribution in [0.2, 0.25) is 0 Å². The number of benzene rings is 1. The highest BCUT2D eigenvalue weighted by Gasteiger charge is 2.33. The van der Waals surface area contributed by atoms with Crippen LogP contribution in [0.4, 0.5) is 13.2 Å².